The van der Waals surface area contributed by atoms with Crippen LogP contribution in [0.1, 0.15) is 33.1 Å². The van der Waals surface area contributed by atoms with Crippen LogP contribution in [-0.2, 0) is 4.79 Å². The highest BCUT2D eigenvalue weighted by atomic mass is 16.4. The SMILES string of the molecule is CC(C)(N)CCCC(=O)O. The Hall–Kier alpha value is -0.570. The van der Waals surface area contributed by atoms with Crippen molar-refractivity contribution in [3.63, 3.8) is 0 Å². The van der Waals surface area contributed by atoms with E-state index in [1.54, 1.807) is 0 Å². The lowest BCUT2D eigenvalue weighted by Gasteiger charge is -2.16. The molecule has 3 N–H and O–H groups in total. The van der Waals surface area contributed by atoms with Crippen LogP contribution in [-0.4, -0.2) is 16.6 Å². The first kappa shape index (κ1) is 9.43. The van der Waals surface area contributed by atoms with Crippen molar-refractivity contribution >= 4 is 5.97 Å². The van der Waals surface area contributed by atoms with E-state index in [2.05, 4.69) is 0 Å². The molecule has 3 heteroatoms. The molecule has 0 aliphatic heterocycles. The molecule has 0 amide bonds. The van der Waals surface area contributed by atoms with Gasteiger partial charge in [0, 0.05) is 12.0 Å². The summed E-state index contributed by atoms with van der Waals surface area (Å²) in [7, 11) is 0. The fourth-order valence-corrected chi connectivity index (χ4v) is 0.695. The molecular weight excluding hydrogens is 130 g/mol. The van der Waals surface area contributed by atoms with Gasteiger partial charge in [0.25, 0.3) is 0 Å². The fraction of sp³-hybridized carbons (Fsp3) is 0.857. The van der Waals surface area contributed by atoms with E-state index in [1.807, 2.05) is 13.8 Å². The van der Waals surface area contributed by atoms with E-state index in [1.165, 1.54) is 0 Å². The van der Waals surface area contributed by atoms with E-state index >= 15 is 0 Å². The maximum Gasteiger partial charge on any atom is 0.303 e. The smallest absolute Gasteiger partial charge is 0.303 e. The summed E-state index contributed by atoms with van der Waals surface area (Å²) in [5, 5.41) is 8.27. The number of hydrogen-bond donors (Lipinski definition) is 2. The highest BCUT2D eigenvalue weighted by Gasteiger charge is 2.10. The molecule has 0 aromatic heterocycles. The monoisotopic (exact) mass is 145 g/mol. The number of carbonyl (C=O) groups is 1. The van der Waals surface area contributed by atoms with Gasteiger partial charge >= 0.3 is 5.97 Å². The summed E-state index contributed by atoms with van der Waals surface area (Å²) in [4.78, 5) is 10.0. The number of carboxylic acids is 1. The predicted octanol–water partition coefficient (Wildman–Crippen LogP) is 0.979. The van der Waals surface area contributed by atoms with Crippen LogP contribution in [0.3, 0.4) is 0 Å². The molecule has 0 atom stereocenters. The van der Waals surface area contributed by atoms with Crippen LogP contribution >= 0.6 is 0 Å². The van der Waals surface area contributed by atoms with Gasteiger partial charge in [-0.15, -0.1) is 0 Å². The zero-order valence-corrected chi connectivity index (χ0v) is 6.55. The Morgan fingerprint density at radius 3 is 2.40 bits per heavy atom. The molecule has 0 unspecified atom stereocenters. The topological polar surface area (TPSA) is 63.3 Å². The van der Waals surface area contributed by atoms with Gasteiger partial charge in [-0.05, 0) is 26.7 Å². The second-order valence-electron chi connectivity index (χ2n) is 3.24. The molecule has 3 nitrogen and oxygen atoms in total. The Balaban J connectivity index is 3.29. The third-order valence-corrected chi connectivity index (χ3v) is 1.21. The minimum Gasteiger partial charge on any atom is -0.481 e. The van der Waals surface area contributed by atoms with Crippen molar-refractivity contribution < 1.29 is 9.90 Å². The molecule has 0 rings (SSSR count). The average Bonchev–Trinajstić information content (AvgIpc) is 1.59. The molecule has 0 fully saturated rings. The quantitative estimate of drug-likeness (QED) is 0.619. The van der Waals surface area contributed by atoms with Crippen molar-refractivity contribution in [2.45, 2.75) is 38.6 Å². The molecule has 0 saturated carbocycles. The van der Waals surface area contributed by atoms with Gasteiger partial charge in [-0.1, -0.05) is 0 Å². The minimum atomic E-state index is -0.746. The molecular formula is C7H15NO2. The number of nitrogens with two attached hydrogens (primary N) is 1. The molecule has 0 aromatic rings. The molecule has 0 aliphatic carbocycles. The van der Waals surface area contributed by atoms with Gasteiger partial charge in [0.1, 0.15) is 0 Å². The van der Waals surface area contributed by atoms with Crippen LogP contribution in [0, 0.1) is 0 Å². The van der Waals surface area contributed by atoms with Crippen molar-refractivity contribution in [2.24, 2.45) is 5.73 Å². The summed E-state index contributed by atoms with van der Waals surface area (Å²) >= 11 is 0. The van der Waals surface area contributed by atoms with Crippen molar-refractivity contribution in [3.05, 3.63) is 0 Å². The summed E-state index contributed by atoms with van der Waals surface area (Å²) in [5.41, 5.74) is 5.40. The molecule has 10 heavy (non-hydrogen) atoms. The zero-order chi connectivity index (χ0) is 8.20. The standard InChI is InChI=1S/C7H15NO2/c1-7(2,8)5-3-4-6(9)10/h3-5,8H2,1-2H3,(H,9,10). The first-order valence-corrected chi connectivity index (χ1v) is 3.42. The average molecular weight is 145 g/mol. The number of rotatable bonds is 4. The lowest BCUT2D eigenvalue weighted by atomic mass is 9.99. The van der Waals surface area contributed by atoms with Crippen molar-refractivity contribution in [1.82, 2.24) is 0 Å². The second-order valence-corrected chi connectivity index (χ2v) is 3.24. The number of aliphatic carboxylic acids is 1. The minimum absolute atomic E-state index is 0.223. The van der Waals surface area contributed by atoms with Crippen LogP contribution in [0.4, 0.5) is 0 Å². The van der Waals surface area contributed by atoms with E-state index < -0.39 is 5.97 Å². The lowest BCUT2D eigenvalue weighted by molar-refractivity contribution is -0.137. The summed E-state index contributed by atoms with van der Waals surface area (Å²) in [6.45, 7) is 3.80. The van der Waals surface area contributed by atoms with E-state index in [9.17, 15) is 4.79 Å². The van der Waals surface area contributed by atoms with Gasteiger partial charge in [-0.2, -0.15) is 0 Å². The Morgan fingerprint density at radius 2 is 2.10 bits per heavy atom. The van der Waals surface area contributed by atoms with Gasteiger partial charge in [0.15, 0.2) is 0 Å². The normalized spacial score (nSPS) is 11.5. The van der Waals surface area contributed by atoms with Gasteiger partial charge in [0.2, 0.25) is 0 Å². The van der Waals surface area contributed by atoms with Crippen molar-refractivity contribution in [3.8, 4) is 0 Å². The molecule has 0 saturated heterocycles. The van der Waals surface area contributed by atoms with E-state index in [-0.39, 0.29) is 12.0 Å². The van der Waals surface area contributed by atoms with E-state index in [0.717, 1.165) is 6.42 Å². The van der Waals surface area contributed by atoms with Crippen LogP contribution in [0.5, 0.6) is 0 Å². The Morgan fingerprint density at radius 1 is 1.60 bits per heavy atom. The molecule has 0 bridgehead atoms. The van der Waals surface area contributed by atoms with Gasteiger partial charge in [-0.3, -0.25) is 4.79 Å². The van der Waals surface area contributed by atoms with Crippen molar-refractivity contribution in [2.75, 3.05) is 0 Å². The molecule has 0 heterocycles. The molecule has 0 aromatic carbocycles. The van der Waals surface area contributed by atoms with Gasteiger partial charge < -0.3 is 10.8 Å². The molecule has 60 valence electrons. The third-order valence-electron chi connectivity index (χ3n) is 1.21. The Bertz CT molecular complexity index is 115. The largest absolute Gasteiger partial charge is 0.481 e. The third kappa shape index (κ3) is 7.43. The highest BCUT2D eigenvalue weighted by molar-refractivity contribution is 5.66. The fourth-order valence-electron chi connectivity index (χ4n) is 0.695. The van der Waals surface area contributed by atoms with Crippen LogP contribution in [0.25, 0.3) is 0 Å². The Labute approximate surface area is 61.2 Å². The maximum atomic E-state index is 10.0. The molecule has 0 radical (unpaired) electrons. The zero-order valence-electron chi connectivity index (χ0n) is 6.55. The molecule has 0 aliphatic rings. The summed E-state index contributed by atoms with van der Waals surface area (Å²) in [6.07, 6.45) is 1.65. The van der Waals surface area contributed by atoms with Crippen LogP contribution in [0.15, 0.2) is 0 Å². The maximum absolute atomic E-state index is 10.0. The van der Waals surface area contributed by atoms with Crippen molar-refractivity contribution in [1.29, 1.82) is 0 Å². The second kappa shape index (κ2) is 3.56. The van der Waals surface area contributed by atoms with E-state index in [0.29, 0.717) is 6.42 Å². The first-order valence-electron chi connectivity index (χ1n) is 3.42. The first-order chi connectivity index (χ1) is 4.42. The Kier molecular flexibility index (Phi) is 3.36. The van der Waals surface area contributed by atoms with Gasteiger partial charge in [0.05, 0.1) is 0 Å². The number of carboxylic acid groups (broad SMARTS) is 1. The highest BCUT2D eigenvalue weighted by Crippen LogP contribution is 2.08. The van der Waals surface area contributed by atoms with Gasteiger partial charge in [-0.25, -0.2) is 0 Å². The predicted molar refractivity (Wildman–Crippen MR) is 39.8 cm³/mol. The number of hydrogen-bond acceptors (Lipinski definition) is 2. The van der Waals surface area contributed by atoms with E-state index in [4.69, 9.17) is 10.8 Å². The summed E-state index contributed by atoms with van der Waals surface area (Å²) in [6, 6.07) is 0. The lowest BCUT2D eigenvalue weighted by Crippen LogP contribution is -2.31. The van der Waals surface area contributed by atoms with Crippen LogP contribution < -0.4 is 5.73 Å². The summed E-state index contributed by atoms with van der Waals surface area (Å²) < 4.78 is 0. The van der Waals surface area contributed by atoms with Crippen LogP contribution in [0.2, 0.25) is 0 Å². The molecule has 0 spiro atoms. The summed E-state index contributed by atoms with van der Waals surface area (Å²) in [5.74, 6) is -0.746.